The molecule has 4 aromatic rings. The average Bonchev–Trinajstić information content (AvgIpc) is 3.22. The van der Waals surface area contributed by atoms with Gasteiger partial charge in [-0.2, -0.15) is 9.30 Å². The van der Waals surface area contributed by atoms with Gasteiger partial charge in [0.05, 0.1) is 15.1 Å². The van der Waals surface area contributed by atoms with E-state index in [4.69, 9.17) is 0 Å². The summed E-state index contributed by atoms with van der Waals surface area (Å²) in [5, 5.41) is 0. The zero-order valence-electron chi connectivity index (χ0n) is 18.4. The van der Waals surface area contributed by atoms with Gasteiger partial charge in [0.15, 0.2) is 4.80 Å². The van der Waals surface area contributed by atoms with Crippen LogP contribution < -0.4 is 4.80 Å². The SMILES string of the molecule is CCn1c(=NC(=O)c2ccc(S(=O)(=O)N3CCc4ccccc4C3)cc2)sc2cccc(F)c21. The maximum absolute atomic E-state index is 14.3. The molecule has 0 saturated carbocycles. The smallest absolute Gasteiger partial charge is 0.279 e. The molecular weight excluding hydrogens is 473 g/mol. The van der Waals surface area contributed by atoms with Crippen molar-refractivity contribution in [3.8, 4) is 0 Å². The molecule has 0 radical (unpaired) electrons. The molecule has 0 spiro atoms. The van der Waals surface area contributed by atoms with Crippen LogP contribution in [0.4, 0.5) is 4.39 Å². The summed E-state index contributed by atoms with van der Waals surface area (Å²) in [5.74, 6) is -0.871. The lowest BCUT2D eigenvalue weighted by Crippen LogP contribution is -2.35. The van der Waals surface area contributed by atoms with Gasteiger partial charge in [0.25, 0.3) is 5.91 Å². The van der Waals surface area contributed by atoms with Gasteiger partial charge >= 0.3 is 0 Å². The van der Waals surface area contributed by atoms with Crippen molar-refractivity contribution < 1.29 is 17.6 Å². The minimum absolute atomic E-state index is 0.135. The second-order valence-electron chi connectivity index (χ2n) is 8.01. The van der Waals surface area contributed by atoms with Crippen LogP contribution in [0, 0.1) is 5.82 Å². The Hall–Kier alpha value is -3.14. The van der Waals surface area contributed by atoms with Crippen LogP contribution in [0.3, 0.4) is 0 Å². The summed E-state index contributed by atoms with van der Waals surface area (Å²) in [6, 6.07) is 18.5. The van der Waals surface area contributed by atoms with E-state index in [0.29, 0.717) is 41.1 Å². The Morgan fingerprint density at radius 3 is 2.50 bits per heavy atom. The van der Waals surface area contributed by atoms with Crippen LogP contribution in [-0.2, 0) is 29.5 Å². The second-order valence-corrected chi connectivity index (χ2v) is 11.0. The summed E-state index contributed by atoms with van der Waals surface area (Å²) >= 11 is 1.24. The summed E-state index contributed by atoms with van der Waals surface area (Å²) in [4.78, 5) is 17.6. The Bertz CT molecular complexity index is 1570. The third-order valence-electron chi connectivity index (χ3n) is 6.00. The number of nitrogens with zero attached hydrogens (tertiary/aromatic N) is 3. The molecular formula is C25H22FN3O3S2. The first kappa shape index (κ1) is 22.6. The van der Waals surface area contributed by atoms with Gasteiger partial charge < -0.3 is 4.57 Å². The van der Waals surface area contributed by atoms with Crippen LogP contribution in [0.2, 0.25) is 0 Å². The van der Waals surface area contributed by atoms with Crippen molar-refractivity contribution in [3.05, 3.63) is 94.0 Å². The molecule has 0 atom stereocenters. The van der Waals surface area contributed by atoms with Gasteiger partial charge in [-0.05, 0) is 60.9 Å². The predicted octanol–water partition coefficient (Wildman–Crippen LogP) is 4.35. The molecule has 1 amide bonds. The van der Waals surface area contributed by atoms with E-state index in [0.717, 1.165) is 5.56 Å². The standard InChI is InChI=1S/C25H22FN3O3S2/c1-2-29-23-21(26)8-5-9-22(23)33-25(29)27-24(30)18-10-12-20(13-11-18)34(31,32)28-15-14-17-6-3-4-7-19(17)16-28/h3-13H,2,14-16H2,1H3. The Balaban J connectivity index is 1.42. The largest absolute Gasteiger partial charge is 0.314 e. The van der Waals surface area contributed by atoms with E-state index in [2.05, 4.69) is 4.99 Å². The van der Waals surface area contributed by atoms with E-state index >= 15 is 0 Å². The Morgan fingerprint density at radius 1 is 1.03 bits per heavy atom. The summed E-state index contributed by atoms with van der Waals surface area (Å²) < 4.78 is 44.5. The van der Waals surface area contributed by atoms with Crippen LogP contribution in [0.15, 0.2) is 76.6 Å². The molecule has 0 N–H and O–H groups in total. The zero-order chi connectivity index (χ0) is 23.9. The third kappa shape index (κ3) is 4.00. The predicted molar refractivity (Wildman–Crippen MR) is 130 cm³/mol. The summed E-state index contributed by atoms with van der Waals surface area (Å²) in [5.41, 5.74) is 2.86. The molecule has 2 heterocycles. The maximum atomic E-state index is 14.3. The van der Waals surface area contributed by atoms with E-state index in [1.165, 1.54) is 51.5 Å². The highest BCUT2D eigenvalue weighted by Gasteiger charge is 2.28. The number of sulfonamides is 1. The number of aromatic nitrogens is 1. The molecule has 34 heavy (non-hydrogen) atoms. The van der Waals surface area contributed by atoms with Crippen LogP contribution in [0.25, 0.3) is 10.2 Å². The number of para-hydroxylation sites is 1. The molecule has 1 aliphatic heterocycles. The number of carbonyl (C=O) groups excluding carboxylic acids is 1. The van der Waals surface area contributed by atoms with Gasteiger partial charge in [-0.3, -0.25) is 4.79 Å². The molecule has 1 aromatic heterocycles. The normalized spacial score (nSPS) is 14.9. The molecule has 0 fully saturated rings. The van der Waals surface area contributed by atoms with E-state index < -0.39 is 15.9 Å². The van der Waals surface area contributed by atoms with Crippen molar-refractivity contribution in [2.24, 2.45) is 4.99 Å². The Labute approximate surface area is 200 Å². The lowest BCUT2D eigenvalue weighted by atomic mass is 10.0. The fourth-order valence-corrected chi connectivity index (χ4v) is 6.74. The monoisotopic (exact) mass is 495 g/mol. The van der Waals surface area contributed by atoms with Crippen molar-refractivity contribution in [3.63, 3.8) is 0 Å². The van der Waals surface area contributed by atoms with Crippen molar-refractivity contribution in [1.82, 2.24) is 8.87 Å². The van der Waals surface area contributed by atoms with Crippen molar-refractivity contribution in [1.29, 1.82) is 0 Å². The third-order valence-corrected chi connectivity index (χ3v) is 8.90. The molecule has 5 rings (SSSR count). The number of benzene rings is 3. The van der Waals surface area contributed by atoms with Gasteiger partial charge in [0, 0.05) is 25.2 Å². The number of rotatable bonds is 4. The first-order chi connectivity index (χ1) is 16.4. The highest BCUT2D eigenvalue weighted by Crippen LogP contribution is 2.25. The van der Waals surface area contributed by atoms with Gasteiger partial charge in [0.2, 0.25) is 10.0 Å². The average molecular weight is 496 g/mol. The number of halogens is 1. The van der Waals surface area contributed by atoms with Crippen molar-refractivity contribution in [2.45, 2.75) is 31.3 Å². The number of fused-ring (bicyclic) bond motifs is 2. The Morgan fingerprint density at radius 2 is 1.76 bits per heavy atom. The first-order valence-corrected chi connectivity index (χ1v) is 13.2. The lowest BCUT2D eigenvalue weighted by Gasteiger charge is -2.28. The number of carbonyl (C=O) groups is 1. The minimum atomic E-state index is -3.69. The molecule has 174 valence electrons. The summed E-state index contributed by atoms with van der Waals surface area (Å²) in [7, 11) is -3.69. The zero-order valence-corrected chi connectivity index (χ0v) is 20.1. The molecule has 0 unspecified atom stereocenters. The van der Waals surface area contributed by atoms with Gasteiger partial charge in [-0.1, -0.05) is 41.7 Å². The number of hydrogen-bond acceptors (Lipinski definition) is 4. The van der Waals surface area contributed by atoms with Crippen LogP contribution in [0.5, 0.6) is 0 Å². The molecule has 0 saturated heterocycles. The first-order valence-electron chi connectivity index (χ1n) is 10.9. The highest BCUT2D eigenvalue weighted by molar-refractivity contribution is 7.89. The molecule has 6 nitrogen and oxygen atoms in total. The maximum Gasteiger partial charge on any atom is 0.279 e. The molecule has 0 bridgehead atoms. The van der Waals surface area contributed by atoms with Crippen LogP contribution in [-0.4, -0.2) is 29.7 Å². The second kappa shape index (κ2) is 8.90. The highest BCUT2D eigenvalue weighted by atomic mass is 32.2. The summed E-state index contributed by atoms with van der Waals surface area (Å²) in [6.45, 7) is 3.06. The fraction of sp³-hybridized carbons (Fsp3) is 0.200. The van der Waals surface area contributed by atoms with E-state index in [1.807, 2.05) is 31.2 Å². The number of aryl methyl sites for hydroxylation is 1. The summed E-state index contributed by atoms with van der Waals surface area (Å²) in [6.07, 6.45) is 0.665. The quantitative estimate of drug-likeness (QED) is 0.423. The minimum Gasteiger partial charge on any atom is -0.314 e. The topological polar surface area (TPSA) is 71.7 Å². The van der Waals surface area contributed by atoms with Gasteiger partial charge in [0.1, 0.15) is 5.82 Å². The molecule has 1 aliphatic rings. The van der Waals surface area contributed by atoms with Gasteiger partial charge in [-0.25, -0.2) is 12.8 Å². The molecule has 3 aromatic carbocycles. The van der Waals surface area contributed by atoms with Crippen molar-refractivity contribution in [2.75, 3.05) is 6.54 Å². The Kier molecular flexibility index (Phi) is 5.93. The van der Waals surface area contributed by atoms with Crippen LogP contribution in [0.1, 0.15) is 28.4 Å². The lowest BCUT2D eigenvalue weighted by molar-refractivity contribution is 0.0997. The number of thiazole rings is 1. The molecule has 9 heteroatoms. The van der Waals surface area contributed by atoms with Gasteiger partial charge in [-0.15, -0.1) is 0 Å². The van der Waals surface area contributed by atoms with E-state index in [9.17, 15) is 17.6 Å². The molecule has 0 aliphatic carbocycles. The van der Waals surface area contributed by atoms with Crippen LogP contribution >= 0.6 is 11.3 Å². The fourth-order valence-electron chi connectivity index (χ4n) is 4.21. The van der Waals surface area contributed by atoms with E-state index in [1.54, 1.807) is 16.7 Å². The number of hydrogen-bond donors (Lipinski definition) is 0. The van der Waals surface area contributed by atoms with Crippen molar-refractivity contribution >= 4 is 37.5 Å². The van der Waals surface area contributed by atoms with E-state index in [-0.39, 0.29) is 16.3 Å². The number of amides is 1.